The van der Waals surface area contributed by atoms with Gasteiger partial charge in [0.25, 0.3) is 0 Å². The van der Waals surface area contributed by atoms with Crippen LogP contribution in [-0.2, 0) is 12.8 Å². The van der Waals surface area contributed by atoms with Gasteiger partial charge in [-0.25, -0.2) is 0 Å². The number of halogens is 1. The van der Waals surface area contributed by atoms with Gasteiger partial charge in [-0.1, -0.05) is 18.2 Å². The van der Waals surface area contributed by atoms with Crippen molar-refractivity contribution >= 4 is 27.3 Å². The van der Waals surface area contributed by atoms with E-state index in [1.54, 1.807) is 18.4 Å². The SMILES string of the molecule is CNC(Cc1cc(Br)cs1)Cc1ccccc1OC. The van der Waals surface area contributed by atoms with Gasteiger partial charge in [0.2, 0.25) is 0 Å². The summed E-state index contributed by atoms with van der Waals surface area (Å²) < 4.78 is 6.58. The van der Waals surface area contributed by atoms with Crippen molar-refractivity contribution in [1.82, 2.24) is 5.32 Å². The molecule has 1 unspecified atom stereocenters. The average Bonchev–Trinajstić information content (AvgIpc) is 2.84. The normalized spacial score (nSPS) is 12.4. The number of nitrogens with one attached hydrogen (secondary N) is 1. The molecule has 2 nitrogen and oxygen atoms in total. The van der Waals surface area contributed by atoms with Crippen molar-refractivity contribution in [3.8, 4) is 5.75 Å². The van der Waals surface area contributed by atoms with Gasteiger partial charge in [0.05, 0.1) is 7.11 Å². The van der Waals surface area contributed by atoms with E-state index in [9.17, 15) is 0 Å². The third kappa shape index (κ3) is 4.06. The molecule has 0 radical (unpaired) electrons. The minimum atomic E-state index is 0.418. The Morgan fingerprint density at radius 2 is 2.11 bits per heavy atom. The maximum absolute atomic E-state index is 5.41. The third-order valence-electron chi connectivity index (χ3n) is 3.14. The number of rotatable bonds is 6. The highest BCUT2D eigenvalue weighted by Gasteiger charge is 2.12. The van der Waals surface area contributed by atoms with Crippen LogP contribution in [0.2, 0.25) is 0 Å². The number of thiophene rings is 1. The van der Waals surface area contributed by atoms with E-state index >= 15 is 0 Å². The van der Waals surface area contributed by atoms with E-state index in [0.717, 1.165) is 18.6 Å². The first-order chi connectivity index (χ1) is 9.22. The minimum Gasteiger partial charge on any atom is -0.496 e. The van der Waals surface area contributed by atoms with Crippen molar-refractivity contribution in [2.45, 2.75) is 18.9 Å². The molecule has 0 amide bonds. The second kappa shape index (κ2) is 7.08. The van der Waals surface area contributed by atoms with Gasteiger partial charge in [0, 0.05) is 20.8 Å². The molecule has 0 bridgehead atoms. The van der Waals surface area contributed by atoms with Crippen molar-refractivity contribution in [2.75, 3.05) is 14.2 Å². The molecular formula is C15H18BrNOS. The monoisotopic (exact) mass is 339 g/mol. The molecule has 1 atom stereocenters. The summed E-state index contributed by atoms with van der Waals surface area (Å²) >= 11 is 5.30. The summed E-state index contributed by atoms with van der Waals surface area (Å²) in [6.07, 6.45) is 2.00. The van der Waals surface area contributed by atoms with Crippen LogP contribution in [0.3, 0.4) is 0 Å². The minimum absolute atomic E-state index is 0.418. The highest BCUT2D eigenvalue weighted by atomic mass is 79.9. The fourth-order valence-electron chi connectivity index (χ4n) is 2.12. The summed E-state index contributed by atoms with van der Waals surface area (Å²) in [5.74, 6) is 0.968. The Morgan fingerprint density at radius 1 is 1.32 bits per heavy atom. The third-order valence-corrected chi connectivity index (χ3v) is 4.86. The second-order valence-corrected chi connectivity index (χ2v) is 6.35. The Kier molecular flexibility index (Phi) is 5.43. The molecule has 0 spiro atoms. The van der Waals surface area contributed by atoms with Crippen LogP contribution in [-0.4, -0.2) is 20.2 Å². The summed E-state index contributed by atoms with van der Waals surface area (Å²) in [4.78, 5) is 1.39. The highest BCUT2D eigenvalue weighted by molar-refractivity contribution is 9.10. The molecule has 1 aromatic carbocycles. The van der Waals surface area contributed by atoms with Crippen LogP contribution in [0.5, 0.6) is 5.75 Å². The van der Waals surface area contributed by atoms with Crippen LogP contribution < -0.4 is 10.1 Å². The summed E-state index contributed by atoms with van der Waals surface area (Å²) in [6.45, 7) is 0. The fourth-order valence-corrected chi connectivity index (χ4v) is 3.65. The summed E-state index contributed by atoms with van der Waals surface area (Å²) in [6, 6.07) is 10.8. The molecule has 1 aromatic heterocycles. The van der Waals surface area contributed by atoms with Crippen molar-refractivity contribution in [3.63, 3.8) is 0 Å². The van der Waals surface area contributed by atoms with Crippen LogP contribution in [0.15, 0.2) is 40.2 Å². The van der Waals surface area contributed by atoms with E-state index < -0.39 is 0 Å². The molecule has 0 aliphatic carbocycles. The first-order valence-electron chi connectivity index (χ1n) is 6.25. The Morgan fingerprint density at radius 3 is 2.74 bits per heavy atom. The summed E-state index contributed by atoms with van der Waals surface area (Å²) in [7, 11) is 3.74. The zero-order chi connectivity index (χ0) is 13.7. The molecule has 0 saturated heterocycles. The van der Waals surface area contributed by atoms with Crippen LogP contribution in [0.1, 0.15) is 10.4 Å². The lowest BCUT2D eigenvalue weighted by Gasteiger charge is -2.17. The standard InChI is InChI=1S/C15H18BrNOS/c1-17-13(9-14-8-12(16)10-19-14)7-11-5-3-4-6-15(11)18-2/h3-6,8,10,13,17H,7,9H2,1-2H3. The van der Waals surface area contributed by atoms with Gasteiger partial charge in [-0.2, -0.15) is 0 Å². The predicted octanol–water partition coefficient (Wildman–Crippen LogP) is 3.89. The molecule has 4 heteroatoms. The Bertz CT molecular complexity index is 526. The number of benzene rings is 1. The Balaban J connectivity index is 2.06. The zero-order valence-electron chi connectivity index (χ0n) is 11.2. The molecule has 102 valence electrons. The Labute approximate surface area is 126 Å². The van der Waals surface area contributed by atoms with Gasteiger partial charge in [-0.15, -0.1) is 11.3 Å². The van der Waals surface area contributed by atoms with Gasteiger partial charge in [-0.3, -0.25) is 0 Å². The molecular weight excluding hydrogens is 322 g/mol. The maximum Gasteiger partial charge on any atom is 0.122 e. The smallest absolute Gasteiger partial charge is 0.122 e. The van der Waals surface area contributed by atoms with Crippen molar-refractivity contribution in [2.24, 2.45) is 0 Å². The van der Waals surface area contributed by atoms with E-state index in [1.165, 1.54) is 14.9 Å². The molecule has 0 saturated carbocycles. The van der Waals surface area contributed by atoms with Crippen molar-refractivity contribution in [3.05, 3.63) is 50.6 Å². The van der Waals surface area contributed by atoms with E-state index in [2.05, 4.69) is 44.8 Å². The molecule has 1 N–H and O–H groups in total. The van der Waals surface area contributed by atoms with Gasteiger partial charge in [-0.05, 0) is 53.5 Å². The fraction of sp³-hybridized carbons (Fsp3) is 0.333. The van der Waals surface area contributed by atoms with E-state index in [1.807, 2.05) is 19.2 Å². The number of hydrogen-bond acceptors (Lipinski definition) is 3. The quantitative estimate of drug-likeness (QED) is 0.861. The van der Waals surface area contributed by atoms with E-state index in [-0.39, 0.29) is 0 Å². The summed E-state index contributed by atoms with van der Waals surface area (Å²) in [5, 5.41) is 5.53. The molecule has 0 aliphatic heterocycles. The van der Waals surface area contributed by atoms with Crippen molar-refractivity contribution < 1.29 is 4.74 Å². The van der Waals surface area contributed by atoms with Gasteiger partial charge < -0.3 is 10.1 Å². The largest absolute Gasteiger partial charge is 0.496 e. The lowest BCUT2D eigenvalue weighted by molar-refractivity contribution is 0.406. The van der Waals surface area contributed by atoms with Gasteiger partial charge in [0.15, 0.2) is 0 Å². The maximum atomic E-state index is 5.41. The second-order valence-electron chi connectivity index (χ2n) is 4.44. The van der Waals surface area contributed by atoms with Gasteiger partial charge >= 0.3 is 0 Å². The van der Waals surface area contributed by atoms with Crippen LogP contribution >= 0.6 is 27.3 Å². The molecule has 1 heterocycles. The lowest BCUT2D eigenvalue weighted by atomic mass is 10.0. The zero-order valence-corrected chi connectivity index (χ0v) is 13.6. The summed E-state index contributed by atoms with van der Waals surface area (Å²) in [5.41, 5.74) is 1.25. The molecule has 19 heavy (non-hydrogen) atoms. The van der Waals surface area contributed by atoms with Crippen molar-refractivity contribution in [1.29, 1.82) is 0 Å². The van der Waals surface area contributed by atoms with Crippen LogP contribution in [0.25, 0.3) is 0 Å². The van der Waals surface area contributed by atoms with Gasteiger partial charge in [0.1, 0.15) is 5.75 Å². The number of methoxy groups -OCH3 is 1. The predicted molar refractivity (Wildman–Crippen MR) is 85.3 cm³/mol. The average molecular weight is 340 g/mol. The first-order valence-corrected chi connectivity index (χ1v) is 7.92. The number of para-hydroxylation sites is 1. The Hall–Kier alpha value is -0.840. The lowest BCUT2D eigenvalue weighted by Crippen LogP contribution is -2.29. The van der Waals surface area contributed by atoms with E-state index in [4.69, 9.17) is 4.74 Å². The number of likely N-dealkylation sites (N-methyl/N-ethyl adjacent to an activating group) is 1. The highest BCUT2D eigenvalue weighted by Crippen LogP contribution is 2.23. The number of ether oxygens (including phenoxy) is 1. The number of hydrogen-bond donors (Lipinski definition) is 1. The molecule has 2 aromatic rings. The van der Waals surface area contributed by atoms with Crippen LogP contribution in [0.4, 0.5) is 0 Å². The first kappa shape index (κ1) is 14.6. The molecule has 0 fully saturated rings. The van der Waals surface area contributed by atoms with Crippen LogP contribution in [0, 0.1) is 0 Å². The topological polar surface area (TPSA) is 21.3 Å². The molecule has 2 rings (SSSR count). The van der Waals surface area contributed by atoms with E-state index in [0.29, 0.717) is 6.04 Å². The molecule has 0 aliphatic rings.